The molecule has 0 bridgehead atoms. The molecule has 0 amide bonds. The number of nitrogens with one attached hydrogen (secondary N) is 2. The molecule has 0 radical (unpaired) electrons. The highest BCUT2D eigenvalue weighted by Gasteiger charge is 2.40. The van der Waals surface area contributed by atoms with Gasteiger partial charge in [0.15, 0.2) is 0 Å². The topological polar surface area (TPSA) is 187 Å². The summed E-state index contributed by atoms with van der Waals surface area (Å²) in [6.45, 7) is 2.61. The lowest BCUT2D eigenvalue weighted by Crippen LogP contribution is -2.36. The number of hydrogen-bond donors (Lipinski definition) is 2. The molecule has 2 unspecified atom stereocenters. The lowest BCUT2D eigenvalue weighted by molar-refractivity contribution is -0.146. The first-order chi connectivity index (χ1) is 19.7. The van der Waals surface area contributed by atoms with Crippen LogP contribution in [-0.4, -0.2) is 40.3 Å². The van der Waals surface area contributed by atoms with Crippen LogP contribution in [0.1, 0.15) is 30.7 Å². The maximum absolute atomic E-state index is 13.9. The van der Waals surface area contributed by atoms with Gasteiger partial charge < -0.3 is 14.0 Å². The summed E-state index contributed by atoms with van der Waals surface area (Å²) in [5, 5.41) is 6.34. The number of ether oxygens (including phenoxy) is 2. The second-order valence-corrected chi connectivity index (χ2v) is 11.0. The Kier molecular flexibility index (Phi) is 9.77. The van der Waals surface area contributed by atoms with E-state index < -0.39 is 49.4 Å². The number of H-pyrrole nitrogens is 1. The van der Waals surface area contributed by atoms with Crippen LogP contribution in [0, 0.1) is 6.92 Å². The van der Waals surface area contributed by atoms with E-state index in [4.69, 9.17) is 24.1 Å². The fraction of sp³-hybridized carbons (Fsp3) is 0.346. The van der Waals surface area contributed by atoms with Gasteiger partial charge in [-0.2, -0.15) is 5.09 Å². The molecular formula is C26H29N6O8P. The van der Waals surface area contributed by atoms with E-state index in [9.17, 15) is 18.9 Å². The minimum atomic E-state index is -4.24. The van der Waals surface area contributed by atoms with Crippen molar-refractivity contribution in [1.82, 2.24) is 14.6 Å². The molecule has 15 heteroatoms. The first-order valence-electron chi connectivity index (χ1n) is 12.7. The van der Waals surface area contributed by atoms with Gasteiger partial charge in [0.05, 0.1) is 18.8 Å². The maximum atomic E-state index is 13.9. The van der Waals surface area contributed by atoms with Crippen LogP contribution in [0.2, 0.25) is 0 Å². The van der Waals surface area contributed by atoms with E-state index in [-0.39, 0.29) is 30.9 Å². The second-order valence-electron chi connectivity index (χ2n) is 9.26. The standard InChI is InChI=1S/C26H29N6O8P/c1-17-14-32(26(35)28-24(17)33)23-13-21(29-31-27)22(39-23)16-38-41(36,40-20-11-7-4-8-12-20)30-18(2)25(34)37-15-19-9-5-3-6-10-19/h3-12,14,18,21-23H,13,15-16H2,1-2H3,(H,30,36)(H,28,33,35)/t18?,21-,22+,23+,41?/m0/s1. The third-order valence-electron chi connectivity index (χ3n) is 6.17. The average molecular weight is 585 g/mol. The molecule has 14 nitrogen and oxygen atoms in total. The van der Waals surface area contributed by atoms with Crippen molar-refractivity contribution in [3.63, 3.8) is 0 Å². The van der Waals surface area contributed by atoms with Crippen LogP contribution < -0.4 is 20.9 Å². The molecule has 1 aliphatic heterocycles. The summed E-state index contributed by atoms with van der Waals surface area (Å²) in [4.78, 5) is 41.9. The van der Waals surface area contributed by atoms with Crippen LogP contribution in [0.4, 0.5) is 0 Å². The number of hydrogen-bond acceptors (Lipinski definition) is 9. The number of para-hydroxylation sites is 1. The number of nitrogens with zero attached hydrogens (tertiary/aromatic N) is 4. The third kappa shape index (κ3) is 7.94. The van der Waals surface area contributed by atoms with Gasteiger partial charge in [0.2, 0.25) is 0 Å². The molecule has 2 heterocycles. The Labute approximate surface area is 234 Å². The first kappa shape index (κ1) is 29.8. The molecule has 4 rings (SSSR count). The zero-order valence-corrected chi connectivity index (χ0v) is 23.2. The highest BCUT2D eigenvalue weighted by Crippen LogP contribution is 2.46. The van der Waals surface area contributed by atoms with Crippen LogP contribution in [0.3, 0.4) is 0 Å². The molecule has 0 spiro atoms. The zero-order chi connectivity index (χ0) is 29.4. The van der Waals surface area contributed by atoms with Crippen LogP contribution in [0.25, 0.3) is 10.4 Å². The molecule has 1 fully saturated rings. The van der Waals surface area contributed by atoms with E-state index in [1.807, 2.05) is 18.2 Å². The number of benzene rings is 2. The molecular weight excluding hydrogens is 555 g/mol. The van der Waals surface area contributed by atoms with E-state index >= 15 is 0 Å². The number of aryl methyl sites for hydroxylation is 1. The third-order valence-corrected chi connectivity index (χ3v) is 7.81. The van der Waals surface area contributed by atoms with E-state index in [0.29, 0.717) is 0 Å². The summed E-state index contributed by atoms with van der Waals surface area (Å²) in [6, 6.07) is 15.4. The Morgan fingerprint density at radius 3 is 2.59 bits per heavy atom. The molecule has 41 heavy (non-hydrogen) atoms. The predicted molar refractivity (Wildman–Crippen MR) is 147 cm³/mol. The Bertz CT molecular complexity index is 1560. The summed E-state index contributed by atoms with van der Waals surface area (Å²) in [7, 11) is -4.24. The van der Waals surface area contributed by atoms with Crippen LogP contribution in [-0.2, 0) is 30.0 Å². The highest BCUT2D eigenvalue weighted by molar-refractivity contribution is 7.52. The quantitative estimate of drug-likeness (QED) is 0.105. The molecule has 0 aliphatic carbocycles. The smallest absolute Gasteiger partial charge is 0.459 e. The van der Waals surface area contributed by atoms with Crippen molar-refractivity contribution < 1.29 is 27.9 Å². The van der Waals surface area contributed by atoms with Crippen molar-refractivity contribution in [3.8, 4) is 5.75 Å². The number of carbonyl (C=O) groups excluding carboxylic acids is 1. The fourth-order valence-electron chi connectivity index (χ4n) is 4.05. The Morgan fingerprint density at radius 2 is 1.90 bits per heavy atom. The van der Waals surface area contributed by atoms with Crippen LogP contribution in [0.15, 0.2) is 81.6 Å². The maximum Gasteiger partial charge on any atom is 0.459 e. The minimum absolute atomic E-state index is 0.0190. The minimum Gasteiger partial charge on any atom is -0.460 e. The van der Waals surface area contributed by atoms with Crippen molar-refractivity contribution >= 4 is 13.7 Å². The highest BCUT2D eigenvalue weighted by atomic mass is 31.2. The van der Waals surface area contributed by atoms with Gasteiger partial charge in [-0.3, -0.25) is 23.7 Å². The SMILES string of the molecule is Cc1cn([C@H]2C[C@H](N=[N+]=[N-])[C@@H](COP(=O)(NC(C)C(=O)OCc3ccccc3)Oc3ccccc3)O2)c(=O)[nH]c1=O. The van der Waals surface area contributed by atoms with Gasteiger partial charge in [0, 0.05) is 23.1 Å². The molecule has 1 aliphatic rings. The van der Waals surface area contributed by atoms with Gasteiger partial charge >= 0.3 is 19.4 Å². The van der Waals surface area contributed by atoms with Gasteiger partial charge in [-0.05, 0) is 37.1 Å². The van der Waals surface area contributed by atoms with Gasteiger partial charge in [-0.1, -0.05) is 53.6 Å². The average Bonchev–Trinajstić information content (AvgIpc) is 3.36. The van der Waals surface area contributed by atoms with Gasteiger partial charge in [-0.25, -0.2) is 9.36 Å². The van der Waals surface area contributed by atoms with Crippen LogP contribution >= 0.6 is 7.75 Å². The number of aromatic nitrogens is 2. The second kappa shape index (κ2) is 13.4. The summed E-state index contributed by atoms with van der Waals surface area (Å²) in [5.74, 6) is -0.480. The predicted octanol–water partition coefficient (Wildman–Crippen LogP) is 3.74. The van der Waals surface area contributed by atoms with Crippen LogP contribution in [0.5, 0.6) is 5.75 Å². The Balaban J connectivity index is 1.48. The Morgan fingerprint density at radius 1 is 1.22 bits per heavy atom. The van der Waals surface area contributed by atoms with E-state index in [1.54, 1.807) is 42.5 Å². The number of rotatable bonds is 12. The molecule has 3 aromatic rings. The molecule has 216 valence electrons. The van der Waals surface area contributed by atoms with Gasteiger partial charge in [-0.15, -0.1) is 0 Å². The molecule has 2 N–H and O–H groups in total. The molecule has 1 aromatic heterocycles. The van der Waals surface area contributed by atoms with Crippen molar-refractivity contribution in [2.45, 2.75) is 51.3 Å². The largest absolute Gasteiger partial charge is 0.460 e. The summed E-state index contributed by atoms with van der Waals surface area (Å²) >= 11 is 0. The van der Waals surface area contributed by atoms with Crippen molar-refractivity contribution in [1.29, 1.82) is 0 Å². The first-order valence-corrected chi connectivity index (χ1v) is 14.2. The van der Waals surface area contributed by atoms with Gasteiger partial charge in [0.1, 0.15) is 24.6 Å². The number of carbonyl (C=O) groups is 1. The summed E-state index contributed by atoms with van der Waals surface area (Å²) < 4.78 is 37.7. The Hall–Kier alpha value is -4.19. The van der Waals surface area contributed by atoms with Crippen molar-refractivity contribution in [2.75, 3.05) is 6.61 Å². The lowest BCUT2D eigenvalue weighted by Gasteiger charge is -2.25. The number of esters is 1. The fourth-order valence-corrected chi connectivity index (χ4v) is 5.55. The summed E-state index contributed by atoms with van der Waals surface area (Å²) in [6.07, 6.45) is -0.403. The lowest BCUT2D eigenvalue weighted by atomic mass is 10.1. The van der Waals surface area contributed by atoms with E-state index in [2.05, 4.69) is 20.1 Å². The van der Waals surface area contributed by atoms with Crippen molar-refractivity contribution in [3.05, 3.63) is 109 Å². The molecule has 0 saturated carbocycles. The molecule has 5 atom stereocenters. The molecule has 1 saturated heterocycles. The normalized spacial score (nSPS) is 20.4. The summed E-state index contributed by atoms with van der Waals surface area (Å²) in [5.41, 5.74) is 8.91. The zero-order valence-electron chi connectivity index (χ0n) is 22.3. The number of azide groups is 1. The van der Waals surface area contributed by atoms with E-state index in [1.165, 1.54) is 24.6 Å². The monoisotopic (exact) mass is 584 g/mol. The molecule has 2 aromatic carbocycles. The number of aromatic amines is 1. The van der Waals surface area contributed by atoms with Gasteiger partial charge in [0.25, 0.3) is 5.56 Å². The van der Waals surface area contributed by atoms with Crippen molar-refractivity contribution in [2.24, 2.45) is 5.11 Å². The van der Waals surface area contributed by atoms with E-state index in [0.717, 1.165) is 5.56 Å².